The van der Waals surface area contributed by atoms with Gasteiger partial charge < -0.3 is 15.3 Å². The molecule has 1 unspecified atom stereocenters. The van der Waals surface area contributed by atoms with Crippen molar-refractivity contribution in [1.29, 1.82) is 0 Å². The molecule has 0 radical (unpaired) electrons. The van der Waals surface area contributed by atoms with Gasteiger partial charge in [-0.3, -0.25) is 9.59 Å². The fraction of sp³-hybridized carbons (Fsp3) is 0.500. The molecule has 0 spiro atoms. The summed E-state index contributed by atoms with van der Waals surface area (Å²) in [6, 6.07) is 5.52. The number of piperidine rings is 1. The van der Waals surface area contributed by atoms with Crippen LogP contribution in [0, 0.1) is 6.92 Å². The van der Waals surface area contributed by atoms with Crippen LogP contribution in [0.15, 0.2) is 18.2 Å². The standard InChI is InChI=1S/C16H21ClN2O3/c1-11-8-13(4-5-14(11)17)9-18-15(21)16(22)6-3-7-19(10-16)12(2)20/h4-5,8,22H,3,6-7,9-10H2,1-2H3,(H,18,21). The molecule has 2 amide bonds. The SMILES string of the molecule is CC(=O)N1CCCC(O)(C(=O)NCc2ccc(Cl)c(C)c2)C1. The molecule has 0 aromatic heterocycles. The fourth-order valence-electron chi connectivity index (χ4n) is 2.65. The molecule has 5 nitrogen and oxygen atoms in total. The summed E-state index contributed by atoms with van der Waals surface area (Å²) < 4.78 is 0. The molecule has 2 N–H and O–H groups in total. The van der Waals surface area contributed by atoms with Crippen molar-refractivity contribution in [1.82, 2.24) is 10.2 Å². The second kappa shape index (κ2) is 6.67. The molecular weight excluding hydrogens is 304 g/mol. The first-order valence-electron chi connectivity index (χ1n) is 7.33. The largest absolute Gasteiger partial charge is 0.378 e. The average molecular weight is 325 g/mol. The Morgan fingerprint density at radius 1 is 1.45 bits per heavy atom. The summed E-state index contributed by atoms with van der Waals surface area (Å²) in [5.41, 5.74) is 0.344. The Morgan fingerprint density at radius 2 is 2.18 bits per heavy atom. The van der Waals surface area contributed by atoms with Crippen LogP contribution in [0.3, 0.4) is 0 Å². The quantitative estimate of drug-likeness (QED) is 0.888. The van der Waals surface area contributed by atoms with Gasteiger partial charge in [-0.05, 0) is 37.0 Å². The maximum Gasteiger partial charge on any atom is 0.254 e. The van der Waals surface area contributed by atoms with Gasteiger partial charge in [0.2, 0.25) is 5.91 Å². The summed E-state index contributed by atoms with van der Waals surface area (Å²) in [7, 11) is 0. The van der Waals surface area contributed by atoms with Crippen molar-refractivity contribution in [2.24, 2.45) is 0 Å². The van der Waals surface area contributed by atoms with E-state index in [0.717, 1.165) is 11.1 Å². The van der Waals surface area contributed by atoms with E-state index >= 15 is 0 Å². The third kappa shape index (κ3) is 3.78. The number of amides is 2. The maximum atomic E-state index is 12.3. The summed E-state index contributed by atoms with van der Waals surface area (Å²) in [6.07, 6.45) is 0.978. The average Bonchev–Trinajstić information content (AvgIpc) is 2.48. The molecule has 1 aliphatic heterocycles. The number of aliphatic hydroxyl groups is 1. The van der Waals surface area contributed by atoms with Gasteiger partial charge in [0.1, 0.15) is 0 Å². The zero-order chi connectivity index (χ0) is 16.3. The first-order valence-corrected chi connectivity index (χ1v) is 7.71. The van der Waals surface area contributed by atoms with Crippen molar-refractivity contribution < 1.29 is 14.7 Å². The van der Waals surface area contributed by atoms with Crippen LogP contribution in [0.25, 0.3) is 0 Å². The Labute approximate surface area is 135 Å². The topological polar surface area (TPSA) is 69.6 Å². The molecule has 1 aromatic rings. The van der Waals surface area contributed by atoms with E-state index in [9.17, 15) is 14.7 Å². The number of β-amino-alcohol motifs (C(OH)–C–C–N with tert-alkyl or cyclic N) is 1. The van der Waals surface area contributed by atoms with Crippen LogP contribution in [-0.4, -0.2) is 40.5 Å². The number of hydrogen-bond donors (Lipinski definition) is 2. The van der Waals surface area contributed by atoms with Crippen molar-refractivity contribution in [2.45, 2.75) is 38.8 Å². The molecule has 22 heavy (non-hydrogen) atoms. The number of likely N-dealkylation sites (tertiary alicyclic amines) is 1. The van der Waals surface area contributed by atoms with E-state index in [1.807, 2.05) is 19.1 Å². The number of carbonyl (C=O) groups excluding carboxylic acids is 2. The van der Waals surface area contributed by atoms with Crippen LogP contribution in [-0.2, 0) is 16.1 Å². The predicted molar refractivity (Wildman–Crippen MR) is 84.5 cm³/mol. The highest BCUT2D eigenvalue weighted by Crippen LogP contribution is 2.22. The van der Waals surface area contributed by atoms with Crippen molar-refractivity contribution in [3.05, 3.63) is 34.3 Å². The molecule has 1 fully saturated rings. The molecule has 0 saturated carbocycles. The number of halogens is 1. The summed E-state index contributed by atoms with van der Waals surface area (Å²) in [5.74, 6) is -0.565. The van der Waals surface area contributed by atoms with E-state index in [0.29, 0.717) is 31.0 Å². The monoisotopic (exact) mass is 324 g/mol. The molecule has 2 rings (SSSR count). The van der Waals surface area contributed by atoms with Crippen molar-refractivity contribution in [2.75, 3.05) is 13.1 Å². The minimum atomic E-state index is -1.51. The van der Waals surface area contributed by atoms with Crippen LogP contribution in [0.2, 0.25) is 5.02 Å². The molecule has 6 heteroatoms. The molecule has 120 valence electrons. The lowest BCUT2D eigenvalue weighted by Gasteiger charge is -2.37. The molecule has 0 bridgehead atoms. The van der Waals surface area contributed by atoms with Gasteiger partial charge in [0.25, 0.3) is 5.91 Å². The fourth-order valence-corrected chi connectivity index (χ4v) is 2.77. The lowest BCUT2D eigenvalue weighted by molar-refractivity contribution is -0.150. The van der Waals surface area contributed by atoms with Crippen LogP contribution < -0.4 is 5.32 Å². The lowest BCUT2D eigenvalue weighted by atomic mass is 9.91. The molecule has 1 saturated heterocycles. The van der Waals surface area contributed by atoms with Gasteiger partial charge in [-0.1, -0.05) is 23.7 Å². The number of benzene rings is 1. The highest BCUT2D eigenvalue weighted by Gasteiger charge is 2.40. The van der Waals surface area contributed by atoms with E-state index in [4.69, 9.17) is 11.6 Å². The van der Waals surface area contributed by atoms with E-state index in [1.165, 1.54) is 11.8 Å². The predicted octanol–water partition coefficient (Wildman–Crippen LogP) is 1.64. The Bertz CT molecular complexity index is 591. The van der Waals surface area contributed by atoms with Crippen LogP contribution >= 0.6 is 11.6 Å². The minimum absolute atomic E-state index is 0.0494. The molecule has 1 aromatic carbocycles. The summed E-state index contributed by atoms with van der Waals surface area (Å²) in [4.78, 5) is 25.2. The van der Waals surface area contributed by atoms with Gasteiger partial charge >= 0.3 is 0 Å². The van der Waals surface area contributed by atoms with Gasteiger partial charge in [0.15, 0.2) is 5.60 Å². The van der Waals surface area contributed by atoms with Crippen molar-refractivity contribution in [3.8, 4) is 0 Å². The highest BCUT2D eigenvalue weighted by atomic mass is 35.5. The summed E-state index contributed by atoms with van der Waals surface area (Å²) in [6.45, 7) is 4.29. The first kappa shape index (κ1) is 16.8. The first-order chi connectivity index (χ1) is 10.3. The minimum Gasteiger partial charge on any atom is -0.378 e. The van der Waals surface area contributed by atoms with Crippen LogP contribution in [0.5, 0.6) is 0 Å². The number of aryl methyl sites for hydroxylation is 1. The van der Waals surface area contributed by atoms with Crippen molar-refractivity contribution in [3.63, 3.8) is 0 Å². The number of nitrogens with one attached hydrogen (secondary N) is 1. The highest BCUT2D eigenvalue weighted by molar-refractivity contribution is 6.31. The molecular formula is C16H21ClN2O3. The molecule has 1 atom stereocenters. The Morgan fingerprint density at radius 3 is 2.82 bits per heavy atom. The normalized spacial score (nSPS) is 21.5. The number of carbonyl (C=O) groups is 2. The van der Waals surface area contributed by atoms with E-state index < -0.39 is 11.5 Å². The second-order valence-corrected chi connectivity index (χ2v) is 6.25. The van der Waals surface area contributed by atoms with Gasteiger partial charge in [0.05, 0.1) is 6.54 Å². The van der Waals surface area contributed by atoms with Gasteiger partial charge in [-0.2, -0.15) is 0 Å². The lowest BCUT2D eigenvalue weighted by Crippen LogP contribution is -2.57. The summed E-state index contributed by atoms with van der Waals surface area (Å²) >= 11 is 5.97. The second-order valence-electron chi connectivity index (χ2n) is 5.84. The molecule has 0 aliphatic carbocycles. The zero-order valence-corrected chi connectivity index (χ0v) is 13.6. The van der Waals surface area contributed by atoms with Gasteiger partial charge in [-0.25, -0.2) is 0 Å². The Balaban J connectivity index is 1.98. The third-order valence-corrected chi connectivity index (χ3v) is 4.44. The summed E-state index contributed by atoms with van der Waals surface area (Å²) in [5, 5.41) is 13.9. The van der Waals surface area contributed by atoms with E-state index in [2.05, 4.69) is 5.32 Å². The smallest absolute Gasteiger partial charge is 0.254 e. The van der Waals surface area contributed by atoms with Crippen molar-refractivity contribution >= 4 is 23.4 Å². The molecule has 1 aliphatic rings. The Hall–Kier alpha value is -1.59. The molecule has 1 heterocycles. The maximum absolute atomic E-state index is 12.3. The van der Waals surface area contributed by atoms with Crippen LogP contribution in [0.4, 0.5) is 0 Å². The zero-order valence-electron chi connectivity index (χ0n) is 12.9. The van der Waals surface area contributed by atoms with E-state index in [-0.39, 0.29) is 12.5 Å². The number of rotatable bonds is 3. The number of nitrogens with zero attached hydrogens (tertiary/aromatic N) is 1. The van der Waals surface area contributed by atoms with Gasteiger partial charge in [0, 0.05) is 25.0 Å². The third-order valence-electron chi connectivity index (χ3n) is 4.01. The van der Waals surface area contributed by atoms with Crippen LogP contribution in [0.1, 0.15) is 30.9 Å². The Kier molecular flexibility index (Phi) is 5.08. The van der Waals surface area contributed by atoms with E-state index in [1.54, 1.807) is 6.07 Å². The van der Waals surface area contributed by atoms with Gasteiger partial charge in [-0.15, -0.1) is 0 Å². The number of hydrogen-bond acceptors (Lipinski definition) is 3.